The van der Waals surface area contributed by atoms with Crippen LogP contribution in [-0.2, 0) is 20.1 Å². The van der Waals surface area contributed by atoms with E-state index in [0.29, 0.717) is 0 Å². The maximum Gasteiger partial charge on any atom is 0.158 e. The maximum atomic E-state index is 6.51. The quantitative estimate of drug-likeness (QED) is 0.130. The number of para-hydroxylation sites is 2. The molecule has 0 unspecified atom stereocenters. The van der Waals surface area contributed by atoms with E-state index in [9.17, 15) is 0 Å². The van der Waals surface area contributed by atoms with Crippen LogP contribution in [-0.4, -0.2) is 27.8 Å². The molecule has 4 heterocycles. The molecule has 11 aromatic rings. The monoisotopic (exact) mass is 980 g/mol. The van der Waals surface area contributed by atoms with Crippen molar-refractivity contribution in [2.75, 3.05) is 0 Å². The second-order valence-electron chi connectivity index (χ2n) is 14.9. The summed E-state index contributed by atoms with van der Waals surface area (Å²) in [5.41, 5.74) is 7.79. The van der Waals surface area contributed by atoms with E-state index in [4.69, 9.17) is 9.40 Å². The number of imidazole rings is 1. The number of furan rings is 1. The smallest absolute Gasteiger partial charge is 0.158 e. The SMILES string of the molecule is [CH3][Ge]([CH3])([CH3])[c]1ccc(-c2[c-]cccc2)nc1.[Ir].[c-]1ccc2c(sc3ccccc32)c1-c1nc2cc3ccccc3cc2n1-c1cccc2c1oc1ccccc12. The predicted molar refractivity (Wildman–Crippen MR) is 235 cm³/mol. The zero-order valence-electron chi connectivity index (χ0n) is 31.0. The molecule has 0 saturated carbocycles. The van der Waals surface area contributed by atoms with Crippen LogP contribution in [0.15, 0.2) is 162 Å². The second kappa shape index (κ2) is 14.6. The molecule has 0 N–H and O–H groups in total. The third-order valence-corrected chi connectivity index (χ3v) is 15.8. The van der Waals surface area contributed by atoms with Gasteiger partial charge in [0.2, 0.25) is 0 Å². The van der Waals surface area contributed by atoms with Crippen LogP contribution in [0.1, 0.15) is 0 Å². The zero-order chi connectivity index (χ0) is 37.1. The largest absolute Gasteiger partial charge is 0.454 e. The molecule has 0 amide bonds. The molecule has 4 nitrogen and oxygen atoms in total. The third-order valence-electron chi connectivity index (χ3n) is 10.3. The number of fused-ring (bicyclic) bond motifs is 8. The van der Waals surface area contributed by atoms with E-state index in [2.05, 4.69) is 148 Å². The molecule has 0 atom stereocenters. The van der Waals surface area contributed by atoms with Gasteiger partial charge in [-0.1, -0.05) is 83.7 Å². The fraction of sp³-hybridized carbons (Fsp3) is 0.0612. The Morgan fingerprint density at radius 1 is 0.661 bits per heavy atom. The molecule has 4 aromatic heterocycles. The molecule has 0 fully saturated rings. The fourth-order valence-corrected chi connectivity index (χ4v) is 10.9. The summed E-state index contributed by atoms with van der Waals surface area (Å²) in [4.78, 5) is 9.82. The van der Waals surface area contributed by atoms with Crippen LogP contribution in [0.3, 0.4) is 0 Å². The standard InChI is InChI=1S/C35H19N2OS.C14H16GeN.Ir/c1-2-10-22-20-30-28(19-21(22)9-1)36-35(27-15-7-14-26-24-12-4-6-18-32(24)39-34(26)27)37(30)29-16-8-13-25-23-11-3-5-17-31(23)38-33(25)29;1-15(2,3)13-9-10-14(16-11-13)12-7-5-4-6-8-12;/h1-14,16-20H;4-7,9-11H,1-3H3;/q2*-1;. The summed E-state index contributed by atoms with van der Waals surface area (Å²) in [5, 5.41) is 7.06. The van der Waals surface area contributed by atoms with Crippen LogP contribution in [0.5, 0.6) is 0 Å². The molecular weight excluding hydrogens is 943 g/mol. The normalized spacial score (nSPS) is 11.7. The molecule has 7 aromatic carbocycles. The summed E-state index contributed by atoms with van der Waals surface area (Å²) in [7, 11) is 0. The molecule has 0 spiro atoms. The van der Waals surface area contributed by atoms with Crippen LogP contribution in [0.2, 0.25) is 17.3 Å². The Labute approximate surface area is 345 Å². The molecule has 273 valence electrons. The van der Waals surface area contributed by atoms with Gasteiger partial charge in [-0.05, 0) is 51.2 Å². The molecule has 0 bridgehead atoms. The van der Waals surface area contributed by atoms with Crippen molar-refractivity contribution in [2.24, 2.45) is 0 Å². The topological polar surface area (TPSA) is 43.9 Å². The average molecular weight is 979 g/mol. The molecule has 0 aliphatic heterocycles. The Morgan fingerprint density at radius 2 is 1.41 bits per heavy atom. The average Bonchev–Trinajstić information content (AvgIpc) is 3.91. The van der Waals surface area contributed by atoms with E-state index < -0.39 is 13.3 Å². The molecule has 0 aliphatic carbocycles. The van der Waals surface area contributed by atoms with Gasteiger partial charge in [-0.15, -0.1) is 18.2 Å². The van der Waals surface area contributed by atoms with Crippen LogP contribution >= 0.6 is 11.3 Å². The number of aromatic nitrogens is 3. The van der Waals surface area contributed by atoms with Gasteiger partial charge in [-0.3, -0.25) is 4.98 Å². The summed E-state index contributed by atoms with van der Waals surface area (Å²) >= 11 is 0.0834. The summed E-state index contributed by atoms with van der Waals surface area (Å²) in [6.07, 6.45) is 2.04. The van der Waals surface area contributed by atoms with E-state index in [1.165, 1.54) is 35.3 Å². The van der Waals surface area contributed by atoms with Gasteiger partial charge in [-0.2, -0.15) is 11.3 Å². The van der Waals surface area contributed by atoms with Crippen molar-refractivity contribution >= 4 is 92.9 Å². The van der Waals surface area contributed by atoms with Crippen LogP contribution in [0.4, 0.5) is 0 Å². The Kier molecular flexibility index (Phi) is 9.47. The van der Waals surface area contributed by atoms with E-state index >= 15 is 0 Å². The number of benzene rings is 7. The van der Waals surface area contributed by atoms with Crippen LogP contribution in [0, 0.1) is 12.1 Å². The fourth-order valence-electron chi connectivity index (χ4n) is 7.49. The first-order chi connectivity index (χ1) is 26.9. The Bertz CT molecular complexity index is 3200. The molecule has 11 rings (SSSR count). The van der Waals surface area contributed by atoms with Gasteiger partial charge >= 0.3 is 99.8 Å². The summed E-state index contributed by atoms with van der Waals surface area (Å²) in [6.45, 7) is 0. The maximum absolute atomic E-state index is 6.51. The first-order valence-corrected chi connectivity index (χ1v) is 26.6. The van der Waals surface area contributed by atoms with E-state index in [-0.39, 0.29) is 20.1 Å². The van der Waals surface area contributed by atoms with E-state index in [1.807, 2.05) is 48.7 Å². The minimum Gasteiger partial charge on any atom is -0.454 e. The third kappa shape index (κ3) is 6.37. The van der Waals surface area contributed by atoms with Crippen molar-refractivity contribution < 1.29 is 24.5 Å². The molecular formula is C49H35GeIrN3OS-2. The van der Waals surface area contributed by atoms with Gasteiger partial charge in [0.15, 0.2) is 5.58 Å². The van der Waals surface area contributed by atoms with Crippen molar-refractivity contribution in [3.05, 3.63) is 170 Å². The van der Waals surface area contributed by atoms with Gasteiger partial charge in [-0.25, -0.2) is 0 Å². The summed E-state index contributed by atoms with van der Waals surface area (Å²) in [5.74, 6) is 8.01. The van der Waals surface area contributed by atoms with E-state index in [1.54, 1.807) is 11.3 Å². The van der Waals surface area contributed by atoms with Crippen molar-refractivity contribution in [3.8, 4) is 28.3 Å². The van der Waals surface area contributed by atoms with Crippen LogP contribution < -0.4 is 4.40 Å². The Balaban J connectivity index is 0.000000204. The predicted octanol–water partition coefficient (Wildman–Crippen LogP) is 13.0. The number of rotatable bonds is 4. The minimum absolute atomic E-state index is 0. The van der Waals surface area contributed by atoms with Crippen molar-refractivity contribution in [2.45, 2.75) is 17.3 Å². The van der Waals surface area contributed by atoms with E-state index in [0.717, 1.165) is 61.3 Å². The minimum atomic E-state index is -1.72. The Morgan fingerprint density at radius 3 is 2.20 bits per heavy atom. The van der Waals surface area contributed by atoms with Gasteiger partial charge in [0.05, 0.1) is 22.5 Å². The Hall–Kier alpha value is -5.37. The number of nitrogens with zero attached hydrogens (tertiary/aromatic N) is 3. The first kappa shape index (κ1) is 36.3. The molecule has 0 aliphatic rings. The first-order valence-electron chi connectivity index (χ1n) is 18.5. The van der Waals surface area contributed by atoms with Crippen LogP contribution in [0.25, 0.3) is 92.2 Å². The van der Waals surface area contributed by atoms with Gasteiger partial charge in [0.1, 0.15) is 5.58 Å². The molecule has 56 heavy (non-hydrogen) atoms. The van der Waals surface area contributed by atoms with Gasteiger partial charge in [0.25, 0.3) is 0 Å². The molecule has 7 heteroatoms. The number of hydrogen-bond donors (Lipinski definition) is 0. The number of pyridine rings is 1. The summed E-state index contributed by atoms with van der Waals surface area (Å²) in [6, 6.07) is 59.4. The molecule has 0 saturated heterocycles. The van der Waals surface area contributed by atoms with Crippen molar-refractivity contribution in [3.63, 3.8) is 0 Å². The van der Waals surface area contributed by atoms with Crippen molar-refractivity contribution in [1.29, 1.82) is 0 Å². The second-order valence-corrected chi connectivity index (χ2v) is 26.6. The number of thiophene rings is 1. The number of hydrogen-bond acceptors (Lipinski definition) is 4. The van der Waals surface area contributed by atoms with Crippen molar-refractivity contribution in [1.82, 2.24) is 14.5 Å². The molecule has 1 radical (unpaired) electrons. The zero-order valence-corrected chi connectivity index (χ0v) is 36.3. The summed E-state index contributed by atoms with van der Waals surface area (Å²) < 4.78 is 12.7. The van der Waals surface area contributed by atoms with Gasteiger partial charge < -0.3 is 8.98 Å². The van der Waals surface area contributed by atoms with Gasteiger partial charge in [0, 0.05) is 35.6 Å².